The number of rotatable bonds is 7. The summed E-state index contributed by atoms with van der Waals surface area (Å²) in [5.74, 6) is 1.39. The van der Waals surface area contributed by atoms with E-state index in [2.05, 4.69) is 77.4 Å². The molecule has 190 valence electrons. The SMILES string of the molecule is Cc1cc(C)c2[nH]c(=O)c([C@H](c3nnnn3C(C)(C)C)N(Cc3ccccc3)Cc3ccco3)cc2c1. The number of benzene rings is 2. The highest BCUT2D eigenvalue weighted by molar-refractivity contribution is 5.83. The maximum Gasteiger partial charge on any atom is 0.253 e. The van der Waals surface area contributed by atoms with Crippen LogP contribution >= 0.6 is 0 Å². The summed E-state index contributed by atoms with van der Waals surface area (Å²) in [6.45, 7) is 11.3. The molecule has 37 heavy (non-hydrogen) atoms. The molecule has 3 heterocycles. The van der Waals surface area contributed by atoms with Crippen molar-refractivity contribution in [3.05, 3.63) is 111 Å². The fourth-order valence-corrected chi connectivity index (χ4v) is 4.91. The Morgan fingerprint density at radius 3 is 2.51 bits per heavy atom. The van der Waals surface area contributed by atoms with Crippen LogP contribution in [0, 0.1) is 13.8 Å². The van der Waals surface area contributed by atoms with Gasteiger partial charge in [0.2, 0.25) is 0 Å². The zero-order valence-electron chi connectivity index (χ0n) is 21.9. The minimum absolute atomic E-state index is 0.162. The lowest BCUT2D eigenvalue weighted by atomic mass is 9.99. The lowest BCUT2D eigenvalue weighted by molar-refractivity contribution is 0.171. The van der Waals surface area contributed by atoms with Gasteiger partial charge in [-0.1, -0.05) is 42.0 Å². The number of fused-ring (bicyclic) bond motifs is 1. The molecule has 5 aromatic rings. The van der Waals surface area contributed by atoms with Gasteiger partial charge < -0.3 is 9.40 Å². The van der Waals surface area contributed by atoms with Crippen LogP contribution in [0.25, 0.3) is 10.9 Å². The molecule has 2 aromatic carbocycles. The van der Waals surface area contributed by atoms with Gasteiger partial charge in [-0.2, -0.15) is 0 Å². The molecule has 1 atom stereocenters. The van der Waals surface area contributed by atoms with Crippen LogP contribution in [0.2, 0.25) is 0 Å². The van der Waals surface area contributed by atoms with Crippen LogP contribution < -0.4 is 5.56 Å². The Bertz CT molecular complexity index is 1560. The van der Waals surface area contributed by atoms with Crippen LogP contribution in [0.3, 0.4) is 0 Å². The molecule has 8 nitrogen and oxygen atoms in total. The van der Waals surface area contributed by atoms with Crippen LogP contribution in [0.5, 0.6) is 0 Å². The first kappa shape index (κ1) is 24.6. The number of nitrogens with zero attached hydrogens (tertiary/aromatic N) is 5. The van der Waals surface area contributed by atoms with Crippen molar-refractivity contribution in [3.63, 3.8) is 0 Å². The number of hydrogen-bond acceptors (Lipinski definition) is 6. The first-order valence-corrected chi connectivity index (χ1v) is 12.4. The monoisotopic (exact) mass is 496 g/mol. The summed E-state index contributed by atoms with van der Waals surface area (Å²) in [7, 11) is 0. The second kappa shape index (κ2) is 9.78. The highest BCUT2D eigenvalue weighted by Gasteiger charge is 2.34. The van der Waals surface area contributed by atoms with Crippen molar-refractivity contribution in [2.24, 2.45) is 0 Å². The Hall–Kier alpha value is -4.04. The van der Waals surface area contributed by atoms with Gasteiger partial charge in [-0.15, -0.1) is 5.10 Å². The van der Waals surface area contributed by atoms with E-state index in [0.717, 1.165) is 33.4 Å². The summed E-state index contributed by atoms with van der Waals surface area (Å²) >= 11 is 0. The number of aryl methyl sites for hydroxylation is 2. The average Bonchev–Trinajstić information content (AvgIpc) is 3.53. The number of furan rings is 1. The fourth-order valence-electron chi connectivity index (χ4n) is 4.91. The van der Waals surface area contributed by atoms with Crippen molar-refractivity contribution in [2.75, 3.05) is 0 Å². The summed E-state index contributed by atoms with van der Waals surface area (Å²) in [5, 5.41) is 13.8. The second-order valence-electron chi connectivity index (χ2n) is 10.6. The summed E-state index contributed by atoms with van der Waals surface area (Å²) in [6, 6.07) is 19.6. The van der Waals surface area contributed by atoms with Crippen molar-refractivity contribution < 1.29 is 4.42 Å². The van der Waals surface area contributed by atoms with E-state index in [-0.39, 0.29) is 5.56 Å². The van der Waals surface area contributed by atoms with Crippen LogP contribution in [-0.4, -0.2) is 30.1 Å². The predicted octanol–water partition coefficient (Wildman–Crippen LogP) is 5.27. The number of nitrogens with one attached hydrogen (secondary N) is 1. The third-order valence-corrected chi connectivity index (χ3v) is 6.52. The van der Waals surface area contributed by atoms with E-state index in [4.69, 9.17) is 4.42 Å². The molecular formula is C29H32N6O2. The number of H-pyrrole nitrogens is 1. The molecule has 1 N–H and O–H groups in total. The van der Waals surface area contributed by atoms with E-state index < -0.39 is 11.6 Å². The molecule has 0 amide bonds. The van der Waals surface area contributed by atoms with Crippen molar-refractivity contribution >= 4 is 10.9 Å². The quantitative estimate of drug-likeness (QED) is 0.330. The van der Waals surface area contributed by atoms with Crippen LogP contribution in [0.4, 0.5) is 0 Å². The molecule has 5 rings (SSSR count). The Morgan fingerprint density at radius 2 is 1.81 bits per heavy atom. The van der Waals surface area contributed by atoms with E-state index in [0.29, 0.717) is 24.5 Å². The first-order chi connectivity index (χ1) is 17.7. The molecule has 0 aliphatic heterocycles. The van der Waals surface area contributed by atoms with Crippen molar-refractivity contribution in [2.45, 2.75) is 59.3 Å². The van der Waals surface area contributed by atoms with E-state index >= 15 is 0 Å². The lowest BCUT2D eigenvalue weighted by Gasteiger charge is -2.32. The third kappa shape index (κ3) is 5.11. The Morgan fingerprint density at radius 1 is 1.03 bits per heavy atom. The molecule has 0 unspecified atom stereocenters. The van der Waals surface area contributed by atoms with E-state index in [9.17, 15) is 4.79 Å². The van der Waals surface area contributed by atoms with Gasteiger partial charge in [0, 0.05) is 12.1 Å². The van der Waals surface area contributed by atoms with Crippen molar-refractivity contribution in [1.82, 2.24) is 30.1 Å². The zero-order chi connectivity index (χ0) is 26.2. The van der Waals surface area contributed by atoms with Crippen LogP contribution in [0.15, 0.2) is 76.1 Å². The summed E-state index contributed by atoms with van der Waals surface area (Å²) in [4.78, 5) is 19.1. The topological polar surface area (TPSA) is 92.8 Å². The zero-order valence-corrected chi connectivity index (χ0v) is 21.9. The highest BCUT2D eigenvalue weighted by atomic mass is 16.3. The Kier molecular flexibility index (Phi) is 6.52. The lowest BCUT2D eigenvalue weighted by Crippen LogP contribution is -2.37. The molecule has 8 heteroatoms. The Balaban J connectivity index is 1.75. The van der Waals surface area contributed by atoms with Gasteiger partial charge in [0.1, 0.15) is 11.8 Å². The molecule has 0 spiro atoms. The predicted molar refractivity (Wildman–Crippen MR) is 143 cm³/mol. The van der Waals surface area contributed by atoms with E-state index in [1.807, 2.05) is 48.0 Å². The van der Waals surface area contributed by atoms with Crippen molar-refractivity contribution in [1.29, 1.82) is 0 Å². The number of hydrogen-bond donors (Lipinski definition) is 1. The first-order valence-electron chi connectivity index (χ1n) is 12.4. The maximum atomic E-state index is 13.7. The molecule has 0 saturated carbocycles. The molecule has 0 bridgehead atoms. The highest BCUT2D eigenvalue weighted by Crippen LogP contribution is 2.32. The number of pyridine rings is 1. The fraction of sp³-hybridized carbons (Fsp3) is 0.310. The van der Waals surface area contributed by atoms with Crippen LogP contribution in [0.1, 0.15) is 60.7 Å². The Labute approximate surface area is 215 Å². The van der Waals surface area contributed by atoms with Crippen molar-refractivity contribution in [3.8, 4) is 0 Å². The maximum absolute atomic E-state index is 13.7. The molecule has 0 fully saturated rings. The summed E-state index contributed by atoms with van der Waals surface area (Å²) in [6.07, 6.45) is 1.67. The molecule has 0 radical (unpaired) electrons. The van der Waals surface area contributed by atoms with Gasteiger partial charge in [0.25, 0.3) is 5.56 Å². The average molecular weight is 497 g/mol. The number of tetrazole rings is 1. The molecule has 0 aliphatic rings. The van der Waals surface area contributed by atoms with Crippen LogP contribution in [-0.2, 0) is 18.6 Å². The summed E-state index contributed by atoms with van der Waals surface area (Å²) < 4.78 is 7.56. The van der Waals surface area contributed by atoms with Gasteiger partial charge in [-0.25, -0.2) is 4.68 Å². The summed E-state index contributed by atoms with van der Waals surface area (Å²) in [5.41, 5.74) is 4.15. The van der Waals surface area contributed by atoms with Gasteiger partial charge in [0.15, 0.2) is 5.82 Å². The smallest absolute Gasteiger partial charge is 0.253 e. The van der Waals surface area contributed by atoms with Gasteiger partial charge in [-0.05, 0) is 85.8 Å². The molecule has 0 aliphatic carbocycles. The molecular weight excluding hydrogens is 464 g/mol. The van der Waals surface area contributed by atoms with Gasteiger partial charge in [0.05, 0.1) is 23.9 Å². The van der Waals surface area contributed by atoms with Gasteiger partial charge in [-0.3, -0.25) is 9.69 Å². The second-order valence-corrected chi connectivity index (χ2v) is 10.6. The number of aromatic amines is 1. The van der Waals surface area contributed by atoms with E-state index in [1.54, 1.807) is 6.26 Å². The molecule has 3 aromatic heterocycles. The normalized spacial score (nSPS) is 12.9. The minimum atomic E-state index is -0.534. The third-order valence-electron chi connectivity index (χ3n) is 6.52. The number of aromatic nitrogens is 5. The largest absolute Gasteiger partial charge is 0.468 e. The standard InChI is InChI=1S/C29H32N6O2/c1-19-14-20(2)25-22(15-19)16-24(28(36)30-25)26(27-31-32-33-35(27)29(3,4)5)34(18-23-12-9-13-37-23)17-21-10-7-6-8-11-21/h6-16,26H,17-18H2,1-5H3,(H,30,36)/t26-/m1/s1. The molecule has 0 saturated heterocycles. The minimum Gasteiger partial charge on any atom is -0.468 e. The van der Waals surface area contributed by atoms with Gasteiger partial charge >= 0.3 is 0 Å². The van der Waals surface area contributed by atoms with E-state index in [1.165, 1.54) is 0 Å².